The van der Waals surface area contributed by atoms with Gasteiger partial charge in [-0.25, -0.2) is 13.8 Å². The van der Waals surface area contributed by atoms with Gasteiger partial charge in [0.05, 0.1) is 16.6 Å². The first-order chi connectivity index (χ1) is 20.0. The van der Waals surface area contributed by atoms with E-state index in [2.05, 4.69) is 41.0 Å². The predicted molar refractivity (Wildman–Crippen MR) is 153 cm³/mol. The van der Waals surface area contributed by atoms with E-state index in [-0.39, 0.29) is 45.8 Å². The van der Waals surface area contributed by atoms with E-state index in [0.717, 1.165) is 19.5 Å². The Labute approximate surface area is 242 Å². The second-order valence-corrected chi connectivity index (χ2v) is 11.5. The zero-order chi connectivity index (χ0) is 29.8. The van der Waals surface area contributed by atoms with Gasteiger partial charge in [0, 0.05) is 69.4 Å². The summed E-state index contributed by atoms with van der Waals surface area (Å²) in [6, 6.07) is 4.98. The summed E-state index contributed by atoms with van der Waals surface area (Å²) in [6.45, 7) is 11.1. The molecule has 1 unspecified atom stereocenters. The number of benzene rings is 1. The van der Waals surface area contributed by atoms with Crippen LogP contribution in [0.25, 0.3) is 22.2 Å². The van der Waals surface area contributed by atoms with Gasteiger partial charge in [-0.1, -0.05) is 39.0 Å². The van der Waals surface area contributed by atoms with Crippen molar-refractivity contribution in [2.75, 3.05) is 55.6 Å². The van der Waals surface area contributed by atoms with Crippen molar-refractivity contribution in [2.45, 2.75) is 64.2 Å². The standard InChI is InChI=1S/C30H36F5N7/c1-4-19-15-41(11-10-36-19)27-23-14-37-25(21-9-7-8-18-12-29(31,32)13-22(18)21)24(30(33,34)35)26(23)38-28(39-27)42-16-20(17-42)40(5-2)6-3/h7-9,14,19-20,36H,4-6,10-13,15-17H2,1-3H3. The van der Waals surface area contributed by atoms with E-state index in [1.807, 2.05) is 9.80 Å². The van der Waals surface area contributed by atoms with E-state index >= 15 is 13.2 Å². The second kappa shape index (κ2) is 10.9. The summed E-state index contributed by atoms with van der Waals surface area (Å²) >= 11 is 0. The van der Waals surface area contributed by atoms with Crippen LogP contribution in [0.5, 0.6) is 0 Å². The molecule has 4 heterocycles. The van der Waals surface area contributed by atoms with Crippen LogP contribution in [0.15, 0.2) is 24.4 Å². The number of likely N-dealkylation sites (N-methyl/N-ethyl adjacent to an activating group) is 1. The number of anilines is 2. The number of piperazine rings is 1. The molecule has 2 aliphatic heterocycles. The van der Waals surface area contributed by atoms with E-state index in [4.69, 9.17) is 4.98 Å². The van der Waals surface area contributed by atoms with Crippen molar-refractivity contribution in [1.82, 2.24) is 25.2 Å². The fourth-order valence-corrected chi connectivity index (χ4v) is 6.63. The normalized spacial score (nSPS) is 20.8. The Morgan fingerprint density at radius 2 is 1.79 bits per heavy atom. The molecular weight excluding hydrogens is 553 g/mol. The van der Waals surface area contributed by atoms with Gasteiger partial charge in [-0.2, -0.15) is 18.2 Å². The third-order valence-electron chi connectivity index (χ3n) is 8.93. The van der Waals surface area contributed by atoms with Gasteiger partial charge in [-0.15, -0.1) is 0 Å². The zero-order valence-electron chi connectivity index (χ0n) is 24.1. The number of hydrogen-bond acceptors (Lipinski definition) is 7. The van der Waals surface area contributed by atoms with Crippen LogP contribution in [-0.4, -0.2) is 83.7 Å². The van der Waals surface area contributed by atoms with Crippen LogP contribution in [0.1, 0.15) is 43.9 Å². The molecule has 3 aromatic rings. The van der Waals surface area contributed by atoms with Crippen LogP contribution in [0, 0.1) is 0 Å². The van der Waals surface area contributed by atoms with E-state index in [1.54, 1.807) is 6.07 Å². The SMILES string of the molecule is CCC1CN(c2nc(N3CC(N(CC)CC)C3)nc3c(C(F)(F)F)c(-c4cccc5c4CC(F)(F)C5)ncc23)CCN1. The van der Waals surface area contributed by atoms with E-state index in [0.29, 0.717) is 44.1 Å². The molecular formula is C30H36F5N7. The zero-order valence-corrected chi connectivity index (χ0v) is 24.1. The molecule has 0 bridgehead atoms. The van der Waals surface area contributed by atoms with Gasteiger partial charge in [0.25, 0.3) is 5.92 Å². The van der Waals surface area contributed by atoms with Crippen molar-refractivity contribution in [3.8, 4) is 11.3 Å². The number of hydrogen-bond donors (Lipinski definition) is 1. The number of aromatic nitrogens is 3. The maximum absolute atomic E-state index is 15.1. The lowest BCUT2D eigenvalue weighted by atomic mass is 9.96. The van der Waals surface area contributed by atoms with Crippen LogP contribution in [0.4, 0.5) is 33.7 Å². The van der Waals surface area contributed by atoms with Crippen molar-refractivity contribution in [3.05, 3.63) is 41.1 Å². The molecule has 2 aromatic heterocycles. The first-order valence-electron chi connectivity index (χ1n) is 14.8. The average Bonchev–Trinajstić information content (AvgIpc) is 3.26. The molecule has 0 amide bonds. The molecule has 12 heteroatoms. The van der Waals surface area contributed by atoms with Crippen LogP contribution >= 0.6 is 0 Å². The highest BCUT2D eigenvalue weighted by molar-refractivity contribution is 5.96. The van der Waals surface area contributed by atoms with Crippen molar-refractivity contribution < 1.29 is 22.0 Å². The number of halogens is 5. The molecule has 1 N–H and O–H groups in total. The summed E-state index contributed by atoms with van der Waals surface area (Å²) in [6.07, 6.45) is -3.68. The third kappa shape index (κ3) is 5.16. The minimum atomic E-state index is -4.83. The Morgan fingerprint density at radius 3 is 2.48 bits per heavy atom. The molecule has 0 spiro atoms. The first-order valence-corrected chi connectivity index (χ1v) is 14.8. The lowest BCUT2D eigenvalue weighted by molar-refractivity contribution is -0.136. The first kappa shape index (κ1) is 29.0. The highest BCUT2D eigenvalue weighted by Crippen LogP contribution is 2.46. The van der Waals surface area contributed by atoms with E-state index in [9.17, 15) is 8.78 Å². The smallest absolute Gasteiger partial charge is 0.353 e. The molecule has 2 fully saturated rings. The molecule has 6 rings (SSSR count). The Bertz CT molecular complexity index is 1470. The Hall–Kier alpha value is -3.12. The van der Waals surface area contributed by atoms with Gasteiger partial charge < -0.3 is 15.1 Å². The third-order valence-corrected chi connectivity index (χ3v) is 8.93. The molecule has 226 valence electrons. The van der Waals surface area contributed by atoms with Crippen molar-refractivity contribution in [2.24, 2.45) is 0 Å². The molecule has 3 aliphatic rings. The quantitative estimate of drug-likeness (QED) is 0.382. The van der Waals surface area contributed by atoms with Crippen molar-refractivity contribution >= 4 is 22.7 Å². The highest BCUT2D eigenvalue weighted by atomic mass is 19.4. The van der Waals surface area contributed by atoms with Gasteiger partial charge in [-0.05, 0) is 30.6 Å². The Balaban J connectivity index is 1.53. The number of rotatable bonds is 7. The van der Waals surface area contributed by atoms with Crippen molar-refractivity contribution in [3.63, 3.8) is 0 Å². The number of fused-ring (bicyclic) bond motifs is 2. The molecule has 1 aromatic carbocycles. The fraction of sp³-hybridized carbons (Fsp3) is 0.567. The Morgan fingerprint density at radius 1 is 1.02 bits per heavy atom. The topological polar surface area (TPSA) is 60.4 Å². The predicted octanol–water partition coefficient (Wildman–Crippen LogP) is 5.16. The molecule has 7 nitrogen and oxygen atoms in total. The molecule has 1 atom stereocenters. The summed E-state index contributed by atoms with van der Waals surface area (Å²) in [5.74, 6) is -2.33. The molecule has 2 saturated heterocycles. The lowest BCUT2D eigenvalue weighted by Crippen LogP contribution is -2.60. The van der Waals surface area contributed by atoms with Gasteiger partial charge in [-0.3, -0.25) is 9.88 Å². The maximum Gasteiger partial charge on any atom is 0.420 e. The van der Waals surface area contributed by atoms with Crippen LogP contribution in [-0.2, 0) is 19.0 Å². The van der Waals surface area contributed by atoms with Crippen molar-refractivity contribution in [1.29, 1.82) is 0 Å². The van der Waals surface area contributed by atoms with Gasteiger partial charge in [0.1, 0.15) is 11.4 Å². The van der Waals surface area contributed by atoms with E-state index < -0.39 is 30.5 Å². The number of alkyl halides is 5. The summed E-state index contributed by atoms with van der Waals surface area (Å²) in [5, 5.41) is 3.66. The van der Waals surface area contributed by atoms with Crippen LogP contribution < -0.4 is 15.1 Å². The second-order valence-electron chi connectivity index (χ2n) is 11.5. The van der Waals surface area contributed by atoms with Crippen LogP contribution in [0.3, 0.4) is 0 Å². The maximum atomic E-state index is 15.1. The van der Waals surface area contributed by atoms with E-state index in [1.165, 1.54) is 18.3 Å². The summed E-state index contributed by atoms with van der Waals surface area (Å²) in [7, 11) is 0. The molecule has 0 saturated carbocycles. The Kier molecular flexibility index (Phi) is 7.49. The summed E-state index contributed by atoms with van der Waals surface area (Å²) in [5.41, 5.74) is -0.960. The minimum Gasteiger partial charge on any atom is -0.353 e. The fourth-order valence-electron chi connectivity index (χ4n) is 6.63. The minimum absolute atomic E-state index is 0.0828. The number of nitrogens with one attached hydrogen (secondary N) is 1. The average molecular weight is 590 g/mol. The van der Waals surface area contributed by atoms with Gasteiger partial charge in [0.15, 0.2) is 0 Å². The molecule has 0 radical (unpaired) electrons. The monoisotopic (exact) mass is 589 g/mol. The largest absolute Gasteiger partial charge is 0.420 e. The van der Waals surface area contributed by atoms with Gasteiger partial charge >= 0.3 is 6.18 Å². The lowest BCUT2D eigenvalue weighted by Gasteiger charge is -2.45. The molecule has 1 aliphatic carbocycles. The number of pyridine rings is 1. The summed E-state index contributed by atoms with van der Waals surface area (Å²) in [4.78, 5) is 20.0. The number of nitrogens with zero attached hydrogens (tertiary/aromatic N) is 6. The highest BCUT2D eigenvalue weighted by Gasteiger charge is 2.43. The van der Waals surface area contributed by atoms with Crippen LogP contribution in [0.2, 0.25) is 0 Å². The van der Waals surface area contributed by atoms with Gasteiger partial charge in [0.2, 0.25) is 5.95 Å². The summed E-state index contributed by atoms with van der Waals surface area (Å²) < 4.78 is 73.9. The molecule has 42 heavy (non-hydrogen) atoms.